The summed E-state index contributed by atoms with van der Waals surface area (Å²) in [5.74, 6) is 1.50. The molecule has 0 aromatic heterocycles. The summed E-state index contributed by atoms with van der Waals surface area (Å²) in [6, 6.07) is 11.0. The van der Waals surface area contributed by atoms with E-state index in [1.807, 2.05) is 0 Å². The summed E-state index contributed by atoms with van der Waals surface area (Å²) in [5.41, 5.74) is 1.88. The van der Waals surface area contributed by atoms with Crippen molar-refractivity contribution in [1.82, 2.24) is 4.90 Å². The third-order valence-corrected chi connectivity index (χ3v) is 5.81. The Kier molecular flexibility index (Phi) is 2.87. The van der Waals surface area contributed by atoms with E-state index < -0.39 is 0 Å². The van der Waals surface area contributed by atoms with Crippen molar-refractivity contribution in [2.24, 2.45) is 11.8 Å². The lowest BCUT2D eigenvalue weighted by atomic mass is 9.67. The Hall–Kier alpha value is -1.31. The molecule has 2 unspecified atom stereocenters. The number of nitrogens with zero attached hydrogens (tertiary/aromatic N) is 1. The number of rotatable bonds is 2. The minimum absolute atomic E-state index is 0.363. The summed E-state index contributed by atoms with van der Waals surface area (Å²) in [4.78, 5) is 14.5. The fourth-order valence-corrected chi connectivity index (χ4v) is 4.51. The molecule has 106 valence electrons. The molecule has 1 saturated heterocycles. The molecule has 1 aromatic rings. The van der Waals surface area contributed by atoms with Gasteiger partial charge in [0.05, 0.1) is 0 Å². The van der Waals surface area contributed by atoms with Gasteiger partial charge in [-0.2, -0.15) is 0 Å². The van der Waals surface area contributed by atoms with Gasteiger partial charge < -0.3 is 4.90 Å². The topological polar surface area (TPSA) is 20.3 Å². The largest absolute Gasteiger partial charge is 0.342 e. The van der Waals surface area contributed by atoms with Crippen LogP contribution in [0.1, 0.15) is 44.1 Å². The number of likely N-dealkylation sites (tertiary alicyclic amines) is 1. The van der Waals surface area contributed by atoms with Gasteiger partial charge in [-0.3, -0.25) is 4.79 Å². The molecule has 20 heavy (non-hydrogen) atoms. The molecule has 2 aliphatic carbocycles. The third-order valence-electron chi connectivity index (χ3n) is 5.81. The Bertz CT molecular complexity index is 507. The maximum Gasteiger partial charge on any atom is 0.225 e. The maximum absolute atomic E-state index is 12.3. The standard InChI is InChI=1S/C18H23NO/c20-17(14-8-9-14)19-12-11-18(10-4-7-16(18)13-19)15-5-2-1-3-6-15/h1-3,5-6,14,16H,4,7-13H2. The lowest BCUT2D eigenvalue weighted by Gasteiger charge is -2.45. The second-order valence-corrected chi connectivity index (χ2v) is 6.92. The molecule has 2 atom stereocenters. The SMILES string of the molecule is O=C(C1CC1)N1CCC2(c3ccccc3)CCCC2C1. The smallest absolute Gasteiger partial charge is 0.225 e. The van der Waals surface area contributed by atoms with Gasteiger partial charge in [0.15, 0.2) is 0 Å². The van der Waals surface area contributed by atoms with Gasteiger partial charge in [-0.25, -0.2) is 0 Å². The summed E-state index contributed by atoms with van der Waals surface area (Å²) in [5, 5.41) is 0. The molecule has 1 amide bonds. The lowest BCUT2D eigenvalue weighted by Crippen LogP contribution is -2.49. The average molecular weight is 269 g/mol. The van der Waals surface area contributed by atoms with Crippen molar-refractivity contribution < 1.29 is 4.79 Å². The van der Waals surface area contributed by atoms with E-state index in [9.17, 15) is 4.79 Å². The summed E-state index contributed by atoms with van der Waals surface area (Å²) in [6.45, 7) is 1.98. The van der Waals surface area contributed by atoms with Gasteiger partial charge in [-0.1, -0.05) is 36.8 Å². The molecule has 0 radical (unpaired) electrons. The van der Waals surface area contributed by atoms with Gasteiger partial charge in [0.25, 0.3) is 0 Å². The number of hydrogen-bond donors (Lipinski definition) is 0. The van der Waals surface area contributed by atoms with Crippen LogP contribution in [0.15, 0.2) is 30.3 Å². The van der Waals surface area contributed by atoms with Crippen LogP contribution in [0, 0.1) is 11.8 Å². The quantitative estimate of drug-likeness (QED) is 0.806. The molecule has 1 aromatic carbocycles. The van der Waals surface area contributed by atoms with E-state index in [1.165, 1.54) is 31.2 Å². The van der Waals surface area contributed by atoms with Gasteiger partial charge in [0.2, 0.25) is 5.91 Å². The van der Waals surface area contributed by atoms with Crippen LogP contribution in [0.2, 0.25) is 0 Å². The molecule has 0 N–H and O–H groups in total. The summed E-state index contributed by atoms with van der Waals surface area (Å²) >= 11 is 0. The van der Waals surface area contributed by atoms with Crippen LogP contribution in [0.4, 0.5) is 0 Å². The predicted octanol–water partition coefficient (Wildman–Crippen LogP) is 3.37. The highest BCUT2D eigenvalue weighted by atomic mass is 16.2. The number of carbonyl (C=O) groups excluding carboxylic acids is 1. The Balaban J connectivity index is 1.58. The minimum atomic E-state index is 0.363. The molecule has 3 fully saturated rings. The average Bonchev–Trinajstić information content (AvgIpc) is 3.26. The molecule has 0 spiro atoms. The summed E-state index contributed by atoms with van der Waals surface area (Å²) in [7, 11) is 0. The van der Waals surface area contributed by atoms with E-state index in [2.05, 4.69) is 35.2 Å². The van der Waals surface area contributed by atoms with Crippen LogP contribution in [-0.2, 0) is 10.2 Å². The third kappa shape index (κ3) is 1.88. The molecule has 4 rings (SSSR count). The van der Waals surface area contributed by atoms with Gasteiger partial charge in [0, 0.05) is 24.4 Å². The second-order valence-electron chi connectivity index (χ2n) is 6.92. The van der Waals surface area contributed by atoms with E-state index in [0.29, 0.717) is 23.2 Å². The zero-order valence-electron chi connectivity index (χ0n) is 12.1. The first-order chi connectivity index (χ1) is 9.79. The van der Waals surface area contributed by atoms with Crippen LogP contribution in [0.3, 0.4) is 0 Å². The first-order valence-corrected chi connectivity index (χ1v) is 8.14. The number of fused-ring (bicyclic) bond motifs is 1. The maximum atomic E-state index is 12.3. The summed E-state index contributed by atoms with van der Waals surface area (Å²) in [6.07, 6.45) is 7.36. The fourth-order valence-electron chi connectivity index (χ4n) is 4.51. The Morgan fingerprint density at radius 1 is 1.10 bits per heavy atom. The van der Waals surface area contributed by atoms with Crippen LogP contribution in [0.25, 0.3) is 0 Å². The molecular weight excluding hydrogens is 246 g/mol. The van der Waals surface area contributed by atoms with Crippen molar-refractivity contribution in [1.29, 1.82) is 0 Å². The Morgan fingerprint density at radius 2 is 1.90 bits per heavy atom. The Labute approximate surface area is 121 Å². The molecule has 2 heteroatoms. The normalized spacial score (nSPS) is 33.0. The van der Waals surface area contributed by atoms with E-state index in [1.54, 1.807) is 0 Å². The molecule has 2 nitrogen and oxygen atoms in total. The lowest BCUT2D eigenvalue weighted by molar-refractivity contribution is -0.135. The van der Waals surface area contributed by atoms with Crippen molar-refractivity contribution in [3.05, 3.63) is 35.9 Å². The highest BCUT2D eigenvalue weighted by Crippen LogP contribution is 2.51. The monoisotopic (exact) mass is 269 g/mol. The first-order valence-electron chi connectivity index (χ1n) is 8.14. The second kappa shape index (κ2) is 4.61. The number of benzene rings is 1. The van der Waals surface area contributed by atoms with Gasteiger partial charge in [-0.05, 0) is 43.6 Å². The van der Waals surface area contributed by atoms with E-state index >= 15 is 0 Å². The number of amides is 1. The molecule has 0 bridgehead atoms. The zero-order chi connectivity index (χ0) is 13.6. The van der Waals surface area contributed by atoms with Crippen LogP contribution >= 0.6 is 0 Å². The zero-order valence-corrected chi connectivity index (χ0v) is 12.1. The molecule has 2 saturated carbocycles. The van der Waals surface area contributed by atoms with Crippen molar-refractivity contribution >= 4 is 5.91 Å². The number of piperidine rings is 1. The van der Waals surface area contributed by atoms with Crippen molar-refractivity contribution in [3.8, 4) is 0 Å². The van der Waals surface area contributed by atoms with Gasteiger partial charge in [0.1, 0.15) is 0 Å². The number of carbonyl (C=O) groups is 1. The molecule has 1 heterocycles. The highest BCUT2D eigenvalue weighted by Gasteiger charge is 2.48. The highest BCUT2D eigenvalue weighted by molar-refractivity contribution is 5.81. The van der Waals surface area contributed by atoms with E-state index in [0.717, 1.165) is 25.9 Å². The van der Waals surface area contributed by atoms with Crippen LogP contribution in [0.5, 0.6) is 0 Å². The van der Waals surface area contributed by atoms with Gasteiger partial charge in [-0.15, -0.1) is 0 Å². The van der Waals surface area contributed by atoms with E-state index in [-0.39, 0.29) is 0 Å². The van der Waals surface area contributed by atoms with Crippen LogP contribution in [-0.4, -0.2) is 23.9 Å². The van der Waals surface area contributed by atoms with Crippen molar-refractivity contribution in [2.45, 2.75) is 43.9 Å². The first kappa shape index (κ1) is 12.4. The van der Waals surface area contributed by atoms with Crippen molar-refractivity contribution in [2.75, 3.05) is 13.1 Å². The minimum Gasteiger partial charge on any atom is -0.342 e. The Morgan fingerprint density at radius 3 is 2.65 bits per heavy atom. The number of hydrogen-bond acceptors (Lipinski definition) is 1. The molecule has 1 aliphatic heterocycles. The van der Waals surface area contributed by atoms with Crippen molar-refractivity contribution in [3.63, 3.8) is 0 Å². The molecular formula is C18H23NO. The van der Waals surface area contributed by atoms with E-state index in [4.69, 9.17) is 0 Å². The van der Waals surface area contributed by atoms with Gasteiger partial charge >= 0.3 is 0 Å². The predicted molar refractivity (Wildman–Crippen MR) is 79.4 cm³/mol. The fraction of sp³-hybridized carbons (Fsp3) is 0.611. The van der Waals surface area contributed by atoms with Crippen LogP contribution < -0.4 is 0 Å². The molecule has 3 aliphatic rings. The summed E-state index contributed by atoms with van der Waals surface area (Å²) < 4.78 is 0.